The second-order valence-corrected chi connectivity index (χ2v) is 3.69. The third-order valence-electron chi connectivity index (χ3n) is 2.29. The number of pyridine rings is 1. The number of nitrogens with zero attached hydrogens (tertiary/aromatic N) is 2. The summed E-state index contributed by atoms with van der Waals surface area (Å²) >= 11 is 0. The summed E-state index contributed by atoms with van der Waals surface area (Å²) in [5.41, 5.74) is 6.54. The van der Waals surface area contributed by atoms with Crippen LogP contribution in [0.5, 0.6) is 5.75 Å². The van der Waals surface area contributed by atoms with Crippen LogP contribution >= 0.6 is 0 Å². The predicted molar refractivity (Wildman–Crippen MR) is 60.8 cm³/mol. The molecule has 0 spiro atoms. The number of carbonyl (C=O) groups is 1. The highest BCUT2D eigenvalue weighted by Gasteiger charge is 2.10. The Balaban J connectivity index is 2.77. The van der Waals surface area contributed by atoms with Crippen molar-refractivity contribution in [2.75, 3.05) is 13.1 Å². The molecule has 1 heterocycles. The Labute approximate surface area is 94.9 Å². The first kappa shape index (κ1) is 12.4. The van der Waals surface area contributed by atoms with E-state index in [2.05, 4.69) is 4.98 Å². The zero-order valence-corrected chi connectivity index (χ0v) is 9.60. The predicted octanol–water partition coefficient (Wildman–Crippen LogP) is 0.403. The zero-order valence-electron chi connectivity index (χ0n) is 9.60. The number of carbonyl (C=O) groups excluding carboxylic acids is 1. The number of amides is 1. The summed E-state index contributed by atoms with van der Waals surface area (Å²) in [6, 6.07) is 3.35. The van der Waals surface area contributed by atoms with Gasteiger partial charge in [-0.3, -0.25) is 14.7 Å². The standard InChI is InChI=1S/C11H17N3O2/c1-3-14(7-11(12)16)6-9-10(15)5-4-8(2)13-9/h4-5,15H,3,6-7H2,1-2H3,(H2,12,16). The van der Waals surface area contributed by atoms with Crippen molar-refractivity contribution in [3.05, 3.63) is 23.5 Å². The largest absolute Gasteiger partial charge is 0.506 e. The third-order valence-corrected chi connectivity index (χ3v) is 2.29. The van der Waals surface area contributed by atoms with E-state index in [1.807, 2.05) is 18.7 Å². The van der Waals surface area contributed by atoms with Gasteiger partial charge in [0.2, 0.25) is 5.91 Å². The van der Waals surface area contributed by atoms with Gasteiger partial charge in [0.25, 0.3) is 0 Å². The lowest BCUT2D eigenvalue weighted by molar-refractivity contribution is -0.119. The van der Waals surface area contributed by atoms with E-state index in [0.717, 1.165) is 5.69 Å². The maximum absolute atomic E-state index is 10.8. The van der Waals surface area contributed by atoms with Crippen LogP contribution in [0.2, 0.25) is 0 Å². The molecule has 5 heteroatoms. The molecule has 88 valence electrons. The summed E-state index contributed by atoms with van der Waals surface area (Å²) < 4.78 is 0. The molecule has 1 aromatic rings. The number of hydrogen-bond donors (Lipinski definition) is 2. The van der Waals surface area contributed by atoms with Crippen molar-refractivity contribution in [2.45, 2.75) is 20.4 Å². The SMILES string of the molecule is CCN(CC(N)=O)Cc1nc(C)ccc1O. The van der Waals surface area contributed by atoms with Crippen molar-refractivity contribution in [1.82, 2.24) is 9.88 Å². The van der Waals surface area contributed by atoms with Gasteiger partial charge >= 0.3 is 0 Å². The molecule has 0 aliphatic carbocycles. The third kappa shape index (κ3) is 3.51. The van der Waals surface area contributed by atoms with E-state index in [1.54, 1.807) is 12.1 Å². The minimum atomic E-state index is -0.381. The van der Waals surface area contributed by atoms with Gasteiger partial charge in [0.15, 0.2) is 0 Å². The number of nitrogens with two attached hydrogens (primary N) is 1. The fraction of sp³-hybridized carbons (Fsp3) is 0.455. The molecule has 1 rings (SSSR count). The Morgan fingerprint density at radius 3 is 2.81 bits per heavy atom. The number of aromatic nitrogens is 1. The lowest BCUT2D eigenvalue weighted by Crippen LogP contribution is -2.33. The Hall–Kier alpha value is -1.62. The first-order chi connectivity index (χ1) is 7.52. The lowest BCUT2D eigenvalue weighted by atomic mass is 10.2. The number of rotatable bonds is 5. The quantitative estimate of drug-likeness (QED) is 0.757. The van der Waals surface area contributed by atoms with Crippen LogP contribution in [-0.2, 0) is 11.3 Å². The van der Waals surface area contributed by atoms with Crippen molar-refractivity contribution in [2.24, 2.45) is 5.73 Å². The Morgan fingerprint density at radius 2 is 2.25 bits per heavy atom. The molecule has 1 amide bonds. The first-order valence-electron chi connectivity index (χ1n) is 5.19. The highest BCUT2D eigenvalue weighted by molar-refractivity contribution is 5.75. The maximum Gasteiger partial charge on any atom is 0.231 e. The van der Waals surface area contributed by atoms with Crippen molar-refractivity contribution < 1.29 is 9.90 Å². The molecule has 0 aliphatic heterocycles. The van der Waals surface area contributed by atoms with Crippen LogP contribution in [0.15, 0.2) is 12.1 Å². The van der Waals surface area contributed by atoms with Gasteiger partial charge in [0.05, 0.1) is 12.2 Å². The number of aryl methyl sites for hydroxylation is 1. The molecule has 5 nitrogen and oxygen atoms in total. The highest BCUT2D eigenvalue weighted by Crippen LogP contribution is 2.16. The molecule has 0 aromatic carbocycles. The fourth-order valence-corrected chi connectivity index (χ4v) is 1.43. The van der Waals surface area contributed by atoms with Gasteiger partial charge in [-0.15, -0.1) is 0 Å². The molecule has 16 heavy (non-hydrogen) atoms. The van der Waals surface area contributed by atoms with E-state index in [0.29, 0.717) is 18.8 Å². The van der Waals surface area contributed by atoms with Gasteiger partial charge < -0.3 is 10.8 Å². The maximum atomic E-state index is 10.8. The van der Waals surface area contributed by atoms with Crippen molar-refractivity contribution >= 4 is 5.91 Å². The number of primary amides is 1. The van der Waals surface area contributed by atoms with E-state index >= 15 is 0 Å². The Kier molecular flexibility index (Phi) is 4.25. The van der Waals surface area contributed by atoms with E-state index < -0.39 is 0 Å². The molecule has 3 N–H and O–H groups in total. The van der Waals surface area contributed by atoms with Gasteiger partial charge in [-0.05, 0) is 25.6 Å². The van der Waals surface area contributed by atoms with Gasteiger partial charge in [-0.25, -0.2) is 0 Å². The summed E-state index contributed by atoms with van der Waals surface area (Å²) in [5.74, 6) is -0.234. The first-order valence-corrected chi connectivity index (χ1v) is 5.19. The van der Waals surface area contributed by atoms with Crippen molar-refractivity contribution in [3.63, 3.8) is 0 Å². The highest BCUT2D eigenvalue weighted by atomic mass is 16.3. The van der Waals surface area contributed by atoms with Crippen LogP contribution in [0.25, 0.3) is 0 Å². The van der Waals surface area contributed by atoms with Gasteiger partial charge in [0.1, 0.15) is 5.75 Å². The molecule has 0 aliphatic rings. The summed E-state index contributed by atoms with van der Waals surface area (Å²) in [6.07, 6.45) is 0. The zero-order chi connectivity index (χ0) is 12.1. The monoisotopic (exact) mass is 223 g/mol. The lowest BCUT2D eigenvalue weighted by Gasteiger charge is -2.18. The molecule has 0 saturated heterocycles. The molecule has 0 unspecified atom stereocenters. The van der Waals surface area contributed by atoms with Crippen LogP contribution in [0.3, 0.4) is 0 Å². The minimum absolute atomic E-state index is 0.147. The summed E-state index contributed by atoms with van der Waals surface area (Å²) in [6.45, 7) is 5.06. The molecule has 0 fully saturated rings. The summed E-state index contributed by atoms with van der Waals surface area (Å²) in [4.78, 5) is 16.9. The van der Waals surface area contributed by atoms with Crippen LogP contribution in [-0.4, -0.2) is 34.0 Å². The average Bonchev–Trinajstić information content (AvgIpc) is 2.21. The Morgan fingerprint density at radius 1 is 1.56 bits per heavy atom. The number of aromatic hydroxyl groups is 1. The molecular weight excluding hydrogens is 206 g/mol. The molecule has 0 atom stereocenters. The van der Waals surface area contributed by atoms with E-state index in [-0.39, 0.29) is 18.2 Å². The van der Waals surface area contributed by atoms with Crippen LogP contribution in [0, 0.1) is 6.92 Å². The van der Waals surface area contributed by atoms with Gasteiger partial charge in [-0.1, -0.05) is 6.92 Å². The molecule has 0 bridgehead atoms. The summed E-state index contributed by atoms with van der Waals surface area (Å²) in [7, 11) is 0. The van der Waals surface area contributed by atoms with E-state index in [9.17, 15) is 9.90 Å². The van der Waals surface area contributed by atoms with E-state index in [4.69, 9.17) is 5.73 Å². The average molecular weight is 223 g/mol. The van der Waals surface area contributed by atoms with Crippen LogP contribution in [0.4, 0.5) is 0 Å². The van der Waals surface area contributed by atoms with Crippen LogP contribution < -0.4 is 5.73 Å². The molecule has 0 saturated carbocycles. The Bertz CT molecular complexity index is 379. The van der Waals surface area contributed by atoms with Gasteiger partial charge in [0, 0.05) is 12.2 Å². The normalized spacial score (nSPS) is 10.7. The number of hydrogen-bond acceptors (Lipinski definition) is 4. The molecule has 0 radical (unpaired) electrons. The summed E-state index contributed by atoms with van der Waals surface area (Å²) in [5, 5.41) is 9.61. The second kappa shape index (κ2) is 5.46. The van der Waals surface area contributed by atoms with Crippen molar-refractivity contribution in [1.29, 1.82) is 0 Å². The molecular formula is C11H17N3O2. The number of likely N-dealkylation sites (N-methyl/N-ethyl adjacent to an activating group) is 1. The molecule has 1 aromatic heterocycles. The van der Waals surface area contributed by atoms with Crippen LogP contribution in [0.1, 0.15) is 18.3 Å². The van der Waals surface area contributed by atoms with Crippen molar-refractivity contribution in [3.8, 4) is 5.75 Å². The van der Waals surface area contributed by atoms with E-state index in [1.165, 1.54) is 0 Å². The second-order valence-electron chi connectivity index (χ2n) is 3.69. The fourth-order valence-electron chi connectivity index (χ4n) is 1.43. The topological polar surface area (TPSA) is 79.5 Å². The minimum Gasteiger partial charge on any atom is -0.506 e. The van der Waals surface area contributed by atoms with Gasteiger partial charge in [-0.2, -0.15) is 0 Å². The smallest absolute Gasteiger partial charge is 0.231 e.